The number of nitrogen functional groups attached to an aromatic ring is 1. The molecule has 0 aliphatic carbocycles. The highest BCUT2D eigenvalue weighted by molar-refractivity contribution is 7.73. The van der Waals surface area contributed by atoms with Gasteiger partial charge in [0.1, 0.15) is 5.00 Å². The van der Waals surface area contributed by atoms with Gasteiger partial charge in [0, 0.05) is 10.4 Å². The van der Waals surface area contributed by atoms with Crippen LogP contribution in [0.5, 0.6) is 0 Å². The lowest BCUT2D eigenvalue weighted by molar-refractivity contribution is 1.36. The Morgan fingerprint density at radius 3 is 1.62 bits per heavy atom. The predicted octanol–water partition coefficient (Wildman–Crippen LogP) is 6.84. The molecule has 132 valence electrons. The molecule has 4 N–H and O–H groups in total. The van der Waals surface area contributed by atoms with Crippen molar-refractivity contribution in [2.24, 2.45) is 0 Å². The van der Waals surface area contributed by atoms with Gasteiger partial charge in [-0.25, -0.2) is 0 Å². The van der Waals surface area contributed by atoms with Crippen molar-refractivity contribution in [3.05, 3.63) is 73.4 Å². The van der Waals surface area contributed by atoms with Gasteiger partial charge >= 0.3 is 0 Å². The summed E-state index contributed by atoms with van der Waals surface area (Å²) in [5.41, 5.74) is 10.1. The van der Waals surface area contributed by atoms with E-state index >= 15 is 0 Å². The van der Waals surface area contributed by atoms with Crippen LogP contribution in [0.3, 0.4) is 0 Å². The van der Waals surface area contributed by atoms with Gasteiger partial charge in [-0.3, -0.25) is 0 Å². The van der Waals surface area contributed by atoms with E-state index in [9.17, 15) is 0 Å². The molecule has 2 aromatic carbocycles. The highest BCUT2D eigenvalue weighted by atomic mass is 32.2. The quantitative estimate of drug-likeness (QED) is 0.314. The number of hydrogen-bond acceptors (Lipinski definition) is 5. The molecule has 7 heteroatoms. The fraction of sp³-hybridized carbons (Fsp3) is 0.0526. The maximum absolute atomic E-state index is 5.79. The van der Waals surface area contributed by atoms with Crippen LogP contribution in [0, 0.1) is 14.8 Å². The first-order valence-electron chi connectivity index (χ1n) is 7.83. The van der Waals surface area contributed by atoms with Crippen LogP contribution in [-0.2, 0) is 0 Å². The van der Waals surface area contributed by atoms with E-state index in [1.165, 1.54) is 21.8 Å². The van der Waals surface area contributed by atoms with Crippen LogP contribution < -0.4 is 5.73 Å². The van der Waals surface area contributed by atoms with Gasteiger partial charge in [-0.05, 0) is 36.9 Å². The number of aromatic amines is 2. The largest absolute Gasteiger partial charge is 0.389 e. The lowest BCUT2D eigenvalue weighted by Gasteiger charge is -1.97. The third-order valence-corrected chi connectivity index (χ3v) is 5.84. The molecule has 0 aliphatic heterocycles. The molecule has 0 radical (unpaired) electrons. The van der Waals surface area contributed by atoms with Gasteiger partial charge in [0.15, 0.2) is 7.91 Å². The van der Waals surface area contributed by atoms with E-state index in [1.807, 2.05) is 48.5 Å². The fourth-order valence-corrected chi connectivity index (χ4v) is 4.62. The van der Waals surface area contributed by atoms with Crippen molar-refractivity contribution in [2.45, 2.75) is 6.92 Å². The van der Waals surface area contributed by atoms with Gasteiger partial charge in [-0.1, -0.05) is 72.0 Å². The zero-order chi connectivity index (χ0) is 18.5. The Balaban J connectivity index is 0.000000151. The Morgan fingerprint density at radius 2 is 1.19 bits per heavy atom. The van der Waals surface area contributed by atoms with Gasteiger partial charge in [0.05, 0.1) is 11.4 Å². The van der Waals surface area contributed by atoms with Crippen molar-refractivity contribution in [3.63, 3.8) is 0 Å². The van der Waals surface area contributed by atoms with Crippen molar-refractivity contribution in [2.75, 3.05) is 5.73 Å². The smallest absolute Gasteiger partial charge is 0.160 e. The summed E-state index contributed by atoms with van der Waals surface area (Å²) in [6.07, 6.45) is 0. The highest BCUT2D eigenvalue weighted by Crippen LogP contribution is 2.28. The number of rotatable bonds is 2. The number of hydrogen-bond donors (Lipinski definition) is 3. The van der Waals surface area contributed by atoms with E-state index in [2.05, 4.69) is 29.0 Å². The van der Waals surface area contributed by atoms with Gasteiger partial charge in [0.25, 0.3) is 0 Å². The van der Waals surface area contributed by atoms with Crippen molar-refractivity contribution >= 4 is 52.1 Å². The predicted molar refractivity (Wildman–Crippen MR) is 119 cm³/mol. The lowest BCUT2D eigenvalue weighted by atomic mass is 10.1. The number of thiazole rings is 2. The average Bonchev–Trinajstić information content (AvgIpc) is 3.17. The van der Waals surface area contributed by atoms with E-state index < -0.39 is 0 Å². The molecule has 0 atom stereocenters. The van der Waals surface area contributed by atoms with Crippen LogP contribution in [0.2, 0.25) is 0 Å². The standard InChI is InChI=1S/C10H9NS2.C9H8N2S2/c1-7-9(11-10(12)13-7)8-5-3-2-4-6-8;10-8-7(11-9(12)13-8)6-4-2-1-3-5-6/h2-6H,1H3,(H,11,12);1-5H,10H2,(H,11,12). The number of nitrogens with one attached hydrogen (secondary N) is 2. The molecule has 26 heavy (non-hydrogen) atoms. The molecule has 0 saturated heterocycles. The molecule has 0 aliphatic rings. The second kappa shape index (κ2) is 8.55. The Hall–Kier alpha value is -2.06. The van der Waals surface area contributed by atoms with E-state index in [0.717, 1.165) is 29.9 Å². The molecule has 4 rings (SSSR count). The maximum Gasteiger partial charge on any atom is 0.160 e. The van der Waals surface area contributed by atoms with E-state index in [4.69, 9.17) is 30.2 Å². The first-order valence-corrected chi connectivity index (χ1v) is 10.3. The molecular weight excluding hydrogens is 398 g/mol. The third-order valence-electron chi connectivity index (χ3n) is 3.63. The third kappa shape index (κ3) is 4.56. The van der Waals surface area contributed by atoms with Crippen LogP contribution in [0.1, 0.15) is 4.88 Å². The van der Waals surface area contributed by atoms with Gasteiger partial charge in [-0.15, -0.1) is 11.3 Å². The minimum Gasteiger partial charge on any atom is -0.389 e. The summed E-state index contributed by atoms with van der Waals surface area (Å²) in [4.78, 5) is 7.51. The van der Waals surface area contributed by atoms with Crippen LogP contribution >= 0.6 is 47.1 Å². The number of H-pyrrole nitrogens is 2. The average molecular weight is 416 g/mol. The number of aromatic nitrogens is 2. The number of aryl methyl sites for hydroxylation is 1. The van der Waals surface area contributed by atoms with Crippen LogP contribution in [0.25, 0.3) is 22.5 Å². The minimum atomic E-state index is 0.719. The van der Waals surface area contributed by atoms with Crippen LogP contribution in [0.4, 0.5) is 5.00 Å². The van der Waals surface area contributed by atoms with Crippen LogP contribution in [-0.4, -0.2) is 9.97 Å². The number of anilines is 1. The first kappa shape index (κ1) is 18.7. The maximum atomic E-state index is 5.79. The normalized spacial score (nSPS) is 10.2. The topological polar surface area (TPSA) is 57.6 Å². The zero-order valence-electron chi connectivity index (χ0n) is 14.0. The molecule has 2 heterocycles. The van der Waals surface area contributed by atoms with E-state index in [1.54, 1.807) is 11.3 Å². The van der Waals surface area contributed by atoms with Gasteiger partial charge < -0.3 is 15.7 Å². The van der Waals surface area contributed by atoms with Gasteiger partial charge in [0.2, 0.25) is 0 Å². The van der Waals surface area contributed by atoms with Gasteiger partial charge in [-0.2, -0.15) is 0 Å². The molecule has 0 saturated carbocycles. The van der Waals surface area contributed by atoms with Crippen molar-refractivity contribution in [3.8, 4) is 22.5 Å². The molecule has 0 bridgehead atoms. The highest BCUT2D eigenvalue weighted by Gasteiger charge is 2.04. The van der Waals surface area contributed by atoms with Crippen molar-refractivity contribution < 1.29 is 0 Å². The first-order chi connectivity index (χ1) is 12.5. The summed E-state index contributed by atoms with van der Waals surface area (Å²) >= 11 is 13.1. The summed E-state index contributed by atoms with van der Waals surface area (Å²) < 4.78 is 1.56. The summed E-state index contributed by atoms with van der Waals surface area (Å²) in [6, 6.07) is 20.2. The summed E-state index contributed by atoms with van der Waals surface area (Å²) in [7, 11) is 0. The Kier molecular flexibility index (Phi) is 6.16. The molecule has 0 spiro atoms. The minimum absolute atomic E-state index is 0.719. The van der Waals surface area contributed by atoms with Crippen molar-refractivity contribution in [1.82, 2.24) is 9.97 Å². The SMILES string of the molecule is Cc1sc(=S)[nH]c1-c1ccccc1.Nc1sc(=S)[nH]c1-c1ccccc1. The molecule has 2 aromatic heterocycles. The molecule has 0 fully saturated rings. The summed E-state index contributed by atoms with van der Waals surface area (Å²) in [5.74, 6) is 0. The zero-order valence-corrected chi connectivity index (χ0v) is 17.2. The molecule has 3 nitrogen and oxygen atoms in total. The van der Waals surface area contributed by atoms with E-state index in [-0.39, 0.29) is 0 Å². The molecule has 0 unspecified atom stereocenters. The Bertz CT molecular complexity index is 999. The molecule has 4 aromatic rings. The van der Waals surface area contributed by atoms with Crippen LogP contribution in [0.15, 0.2) is 60.7 Å². The molecular formula is C19H17N3S4. The Labute approximate surface area is 170 Å². The molecule has 0 amide bonds. The summed E-state index contributed by atoms with van der Waals surface area (Å²) in [5, 5.41) is 0.746. The van der Waals surface area contributed by atoms with E-state index in [0.29, 0.717) is 0 Å². The Morgan fingerprint density at radius 1 is 0.731 bits per heavy atom. The fourth-order valence-electron chi connectivity index (χ4n) is 2.45. The van der Waals surface area contributed by atoms with Crippen molar-refractivity contribution in [1.29, 1.82) is 0 Å². The summed E-state index contributed by atoms with van der Waals surface area (Å²) in [6.45, 7) is 2.08. The number of nitrogens with two attached hydrogens (primary N) is 1. The number of benzene rings is 2. The lowest BCUT2D eigenvalue weighted by Crippen LogP contribution is -1.84. The second-order valence-corrected chi connectivity index (χ2v) is 9.04. The monoisotopic (exact) mass is 415 g/mol. The second-order valence-electron chi connectivity index (χ2n) is 5.43.